The number of fused-ring (bicyclic) bond motifs is 3. The molecule has 0 N–H and O–H groups in total. The van der Waals surface area contributed by atoms with Crippen LogP contribution in [-0.4, -0.2) is 62.6 Å². The van der Waals surface area contributed by atoms with Gasteiger partial charge in [0.15, 0.2) is 28.8 Å². The number of benzene rings is 1. The molecule has 0 unspecified atom stereocenters. The summed E-state index contributed by atoms with van der Waals surface area (Å²) in [5.74, 6) is -2.67. The first-order chi connectivity index (χ1) is 16.1. The fraction of sp³-hybridized carbons (Fsp3) is 0.333. The van der Waals surface area contributed by atoms with Gasteiger partial charge in [-0.15, -0.1) is 0 Å². The molecule has 0 atom stereocenters. The number of amides is 2. The molecule has 34 heavy (non-hydrogen) atoms. The highest BCUT2D eigenvalue weighted by molar-refractivity contribution is 7.87. The molecule has 0 saturated heterocycles. The number of ether oxygens (including phenoxy) is 2. The second-order valence-electron chi connectivity index (χ2n) is 7.64. The molecule has 0 bridgehead atoms. The molecule has 2 aromatic heterocycles. The van der Waals surface area contributed by atoms with Crippen molar-refractivity contribution < 1.29 is 31.5 Å². The molecule has 2 amide bonds. The van der Waals surface area contributed by atoms with Crippen LogP contribution in [0.2, 0.25) is 0 Å². The zero-order chi connectivity index (χ0) is 24.9. The van der Waals surface area contributed by atoms with Gasteiger partial charge in [-0.3, -0.25) is 9.80 Å². The van der Waals surface area contributed by atoms with Crippen molar-refractivity contribution in [1.82, 2.24) is 13.3 Å². The molecule has 1 aromatic carbocycles. The number of rotatable bonds is 6. The van der Waals surface area contributed by atoms with Gasteiger partial charge < -0.3 is 9.47 Å². The Labute approximate surface area is 195 Å². The van der Waals surface area contributed by atoms with Gasteiger partial charge in [0, 0.05) is 50.0 Å². The molecule has 0 saturated carbocycles. The maximum absolute atomic E-state index is 15.2. The Morgan fingerprint density at radius 1 is 1.12 bits per heavy atom. The minimum atomic E-state index is -3.86. The van der Waals surface area contributed by atoms with Gasteiger partial charge in [0.1, 0.15) is 5.69 Å². The number of halogens is 2. The lowest BCUT2D eigenvalue weighted by molar-refractivity contribution is 0.249. The van der Waals surface area contributed by atoms with E-state index < -0.39 is 33.6 Å². The van der Waals surface area contributed by atoms with Crippen molar-refractivity contribution in [3.8, 4) is 11.5 Å². The number of carbonyl (C=O) groups is 1. The number of pyridine rings is 1. The smallest absolute Gasteiger partial charge is 0.329 e. The molecule has 1 aliphatic heterocycles. The van der Waals surface area contributed by atoms with Crippen molar-refractivity contribution >= 4 is 38.6 Å². The Kier molecular flexibility index (Phi) is 5.85. The topological polar surface area (TPSA) is 97.2 Å². The van der Waals surface area contributed by atoms with E-state index in [4.69, 9.17) is 9.47 Å². The van der Waals surface area contributed by atoms with Gasteiger partial charge in [0.05, 0.1) is 26.5 Å². The van der Waals surface area contributed by atoms with Crippen LogP contribution in [0.3, 0.4) is 0 Å². The first kappa shape index (κ1) is 23.7. The fourth-order valence-electron chi connectivity index (χ4n) is 3.94. The molecule has 10 nitrogen and oxygen atoms in total. The molecule has 3 aromatic rings. The van der Waals surface area contributed by atoms with E-state index >= 15 is 8.78 Å². The van der Waals surface area contributed by atoms with Crippen LogP contribution in [0, 0.1) is 11.6 Å². The van der Waals surface area contributed by atoms with Crippen molar-refractivity contribution in [3.05, 3.63) is 41.7 Å². The van der Waals surface area contributed by atoms with E-state index in [-0.39, 0.29) is 30.2 Å². The monoisotopic (exact) mass is 495 g/mol. The summed E-state index contributed by atoms with van der Waals surface area (Å²) < 4.78 is 67.7. The van der Waals surface area contributed by atoms with Crippen LogP contribution in [0.5, 0.6) is 11.5 Å². The predicted molar refractivity (Wildman–Crippen MR) is 122 cm³/mol. The Hall–Kier alpha value is -3.45. The van der Waals surface area contributed by atoms with E-state index in [0.717, 1.165) is 19.2 Å². The largest absolute Gasteiger partial charge is 0.493 e. The van der Waals surface area contributed by atoms with Crippen LogP contribution in [-0.2, 0) is 16.8 Å². The summed E-state index contributed by atoms with van der Waals surface area (Å²) in [5.41, 5.74) is 0.428. The fourth-order valence-corrected chi connectivity index (χ4v) is 4.87. The third-order valence-electron chi connectivity index (χ3n) is 5.64. The highest BCUT2D eigenvalue weighted by atomic mass is 32.2. The Balaban J connectivity index is 1.92. The predicted octanol–water partition coefficient (Wildman–Crippen LogP) is 2.95. The van der Waals surface area contributed by atoms with E-state index in [2.05, 4.69) is 4.98 Å². The van der Waals surface area contributed by atoms with E-state index in [0.29, 0.717) is 16.6 Å². The zero-order valence-corrected chi connectivity index (χ0v) is 20.0. The number of urea groups is 1. The maximum Gasteiger partial charge on any atom is 0.329 e. The second-order valence-corrected chi connectivity index (χ2v) is 9.66. The average Bonchev–Trinajstić information content (AvgIpc) is 3.25. The molecule has 0 spiro atoms. The van der Waals surface area contributed by atoms with Crippen molar-refractivity contribution in [2.75, 3.05) is 44.7 Å². The molecular formula is C21H23F2N5O5S. The molecule has 182 valence electrons. The van der Waals surface area contributed by atoms with Crippen LogP contribution >= 0.6 is 0 Å². The third-order valence-corrected chi connectivity index (χ3v) is 7.35. The molecule has 0 aliphatic carbocycles. The summed E-state index contributed by atoms with van der Waals surface area (Å²) >= 11 is 0. The SMILES string of the molecule is CCN1C(=O)N(c2c(F)c(OC)cc(OC)c2F)Cc2cnc3c(ccn3S(=O)(=O)N(C)C)c21. The Morgan fingerprint density at radius 3 is 2.26 bits per heavy atom. The molecule has 0 radical (unpaired) electrons. The lowest BCUT2D eigenvalue weighted by atomic mass is 10.1. The van der Waals surface area contributed by atoms with E-state index in [1.54, 1.807) is 13.0 Å². The minimum absolute atomic E-state index is 0.132. The highest BCUT2D eigenvalue weighted by Gasteiger charge is 2.37. The van der Waals surface area contributed by atoms with Crippen molar-refractivity contribution in [2.45, 2.75) is 13.5 Å². The highest BCUT2D eigenvalue weighted by Crippen LogP contribution is 2.42. The van der Waals surface area contributed by atoms with Gasteiger partial charge in [-0.1, -0.05) is 0 Å². The van der Waals surface area contributed by atoms with Gasteiger partial charge in [0.2, 0.25) is 0 Å². The van der Waals surface area contributed by atoms with Crippen molar-refractivity contribution in [2.24, 2.45) is 0 Å². The first-order valence-electron chi connectivity index (χ1n) is 10.2. The Bertz CT molecular complexity index is 1380. The summed E-state index contributed by atoms with van der Waals surface area (Å²) in [6.45, 7) is 1.64. The Morgan fingerprint density at radius 2 is 1.74 bits per heavy atom. The van der Waals surface area contributed by atoms with Crippen molar-refractivity contribution in [1.29, 1.82) is 0 Å². The van der Waals surface area contributed by atoms with Gasteiger partial charge >= 0.3 is 16.2 Å². The molecule has 4 rings (SSSR count). The summed E-state index contributed by atoms with van der Waals surface area (Å²) in [6, 6.07) is 1.91. The minimum Gasteiger partial charge on any atom is -0.493 e. The van der Waals surface area contributed by atoms with Gasteiger partial charge in [0.25, 0.3) is 0 Å². The number of aromatic nitrogens is 2. The molecule has 0 fully saturated rings. The lowest BCUT2D eigenvalue weighted by Gasteiger charge is -2.37. The number of carbonyl (C=O) groups excluding carboxylic acids is 1. The number of nitrogens with zero attached hydrogens (tertiary/aromatic N) is 5. The lowest BCUT2D eigenvalue weighted by Crippen LogP contribution is -2.48. The number of hydrogen-bond donors (Lipinski definition) is 0. The number of hydrogen-bond acceptors (Lipinski definition) is 6. The standard InChI is InChI=1S/C21H23F2N5O5S/c1-6-26-18-12(10-24-20-13(18)7-8-28(20)34(30,31)25(2)3)11-27(21(26)29)19-16(22)14(32-4)9-15(33-5)17(19)23/h7-10H,6,11H2,1-5H3. The zero-order valence-electron chi connectivity index (χ0n) is 19.2. The van der Waals surface area contributed by atoms with E-state index in [1.165, 1.54) is 45.6 Å². The van der Waals surface area contributed by atoms with Crippen LogP contribution in [0.15, 0.2) is 24.5 Å². The first-order valence-corrected chi connectivity index (χ1v) is 11.6. The molecular weight excluding hydrogens is 472 g/mol. The van der Waals surface area contributed by atoms with Gasteiger partial charge in [-0.25, -0.2) is 22.5 Å². The average molecular weight is 496 g/mol. The summed E-state index contributed by atoms with van der Waals surface area (Å²) in [5, 5.41) is 0.418. The number of methoxy groups -OCH3 is 2. The summed E-state index contributed by atoms with van der Waals surface area (Å²) in [4.78, 5) is 20.0. The van der Waals surface area contributed by atoms with E-state index in [1.807, 2.05) is 0 Å². The number of anilines is 2. The van der Waals surface area contributed by atoms with Gasteiger partial charge in [-0.2, -0.15) is 12.7 Å². The molecule has 3 heterocycles. The van der Waals surface area contributed by atoms with Crippen LogP contribution in [0.1, 0.15) is 12.5 Å². The summed E-state index contributed by atoms with van der Waals surface area (Å²) in [7, 11) is 1.37. The normalized spacial score (nSPS) is 14.2. The molecule has 13 heteroatoms. The van der Waals surface area contributed by atoms with Crippen LogP contribution in [0.25, 0.3) is 11.0 Å². The summed E-state index contributed by atoms with van der Waals surface area (Å²) in [6.07, 6.45) is 2.75. The maximum atomic E-state index is 15.2. The van der Waals surface area contributed by atoms with Gasteiger partial charge in [-0.05, 0) is 13.0 Å². The quantitative estimate of drug-likeness (QED) is 0.522. The third kappa shape index (κ3) is 3.34. The van der Waals surface area contributed by atoms with E-state index in [9.17, 15) is 13.2 Å². The van der Waals surface area contributed by atoms with Crippen LogP contribution in [0.4, 0.5) is 25.0 Å². The van der Waals surface area contributed by atoms with Crippen LogP contribution < -0.4 is 19.3 Å². The van der Waals surface area contributed by atoms with Crippen molar-refractivity contribution in [3.63, 3.8) is 0 Å². The second kappa shape index (κ2) is 8.40. The molecule has 1 aliphatic rings.